The predicted molar refractivity (Wildman–Crippen MR) is 68.5 cm³/mol. The van der Waals surface area contributed by atoms with E-state index in [4.69, 9.17) is 4.74 Å². The van der Waals surface area contributed by atoms with Crippen molar-refractivity contribution in [3.63, 3.8) is 0 Å². The molecule has 0 aliphatic heterocycles. The van der Waals surface area contributed by atoms with Crippen molar-refractivity contribution >= 4 is 34.3 Å². The van der Waals surface area contributed by atoms with E-state index in [1.165, 1.54) is 16.2 Å². The van der Waals surface area contributed by atoms with E-state index in [9.17, 15) is 4.79 Å². The number of hydrogen-bond acceptors (Lipinski definition) is 5. The third-order valence-electron chi connectivity index (χ3n) is 1.63. The van der Waals surface area contributed by atoms with Gasteiger partial charge in [-0.15, -0.1) is 11.8 Å². The Balaban J connectivity index is 2.70. The Kier molecular flexibility index (Phi) is 4.21. The number of carbonyl (C=O) groups is 1. The fraction of sp³-hybridized carbons (Fsp3) is 0.600. The zero-order chi connectivity index (χ0) is 12.3. The molecule has 0 saturated carbocycles. The van der Waals surface area contributed by atoms with Gasteiger partial charge in [0.05, 0.1) is 10.4 Å². The van der Waals surface area contributed by atoms with Gasteiger partial charge in [-0.3, -0.25) is 4.90 Å². The van der Waals surface area contributed by atoms with Crippen LogP contribution in [0, 0.1) is 0 Å². The molecule has 1 heterocycles. The normalized spacial score (nSPS) is 11.3. The molecule has 90 valence electrons. The van der Waals surface area contributed by atoms with E-state index < -0.39 is 5.60 Å². The highest BCUT2D eigenvalue weighted by molar-refractivity contribution is 8.00. The van der Waals surface area contributed by atoms with Crippen molar-refractivity contribution in [2.45, 2.75) is 30.6 Å². The van der Waals surface area contributed by atoms with Crippen LogP contribution in [0.25, 0.3) is 0 Å². The highest BCUT2D eigenvalue weighted by Crippen LogP contribution is 2.28. The van der Waals surface area contributed by atoms with Crippen LogP contribution >= 0.6 is 23.1 Å². The molecule has 16 heavy (non-hydrogen) atoms. The molecule has 1 aromatic rings. The first-order valence-electron chi connectivity index (χ1n) is 4.80. The van der Waals surface area contributed by atoms with Crippen LogP contribution in [0.15, 0.2) is 10.4 Å². The molecule has 0 radical (unpaired) electrons. The summed E-state index contributed by atoms with van der Waals surface area (Å²) in [5, 5.41) is 0.651. The Morgan fingerprint density at radius 1 is 1.56 bits per heavy atom. The SMILES string of the molecule is CSc1cnc(N(C)C(=O)OC(C)(C)C)s1. The average Bonchev–Trinajstić information content (AvgIpc) is 2.61. The number of thioether (sulfide) groups is 1. The van der Waals surface area contributed by atoms with Crippen LogP contribution in [0.5, 0.6) is 0 Å². The fourth-order valence-electron chi connectivity index (χ4n) is 0.909. The Morgan fingerprint density at radius 3 is 2.62 bits per heavy atom. The van der Waals surface area contributed by atoms with Crippen LogP contribution in [0.4, 0.5) is 9.93 Å². The van der Waals surface area contributed by atoms with Crippen LogP contribution in [0.1, 0.15) is 20.8 Å². The highest BCUT2D eigenvalue weighted by atomic mass is 32.2. The Bertz CT molecular complexity index is 371. The van der Waals surface area contributed by atoms with Crippen LogP contribution in [0.2, 0.25) is 0 Å². The van der Waals surface area contributed by atoms with E-state index in [0.29, 0.717) is 5.13 Å². The second-order valence-corrected chi connectivity index (χ2v) is 6.32. The fourth-order valence-corrected chi connectivity index (χ4v) is 2.23. The molecular formula is C10H16N2O2S2. The van der Waals surface area contributed by atoms with Gasteiger partial charge in [0.15, 0.2) is 5.13 Å². The number of anilines is 1. The lowest BCUT2D eigenvalue weighted by atomic mass is 10.2. The largest absolute Gasteiger partial charge is 0.443 e. The van der Waals surface area contributed by atoms with Gasteiger partial charge in [-0.05, 0) is 27.0 Å². The molecule has 0 saturated heterocycles. The van der Waals surface area contributed by atoms with Crippen molar-refractivity contribution in [1.29, 1.82) is 0 Å². The van der Waals surface area contributed by atoms with Crippen LogP contribution in [-0.2, 0) is 4.74 Å². The molecule has 1 rings (SSSR count). The minimum absolute atomic E-state index is 0.380. The zero-order valence-electron chi connectivity index (χ0n) is 10.1. The van der Waals surface area contributed by atoms with Crippen LogP contribution in [0.3, 0.4) is 0 Å². The summed E-state index contributed by atoms with van der Waals surface area (Å²) in [5.74, 6) is 0. The van der Waals surface area contributed by atoms with Gasteiger partial charge in [0.2, 0.25) is 0 Å². The molecule has 0 aliphatic carbocycles. The third kappa shape index (κ3) is 3.68. The smallest absolute Gasteiger partial charge is 0.416 e. The molecule has 4 nitrogen and oxygen atoms in total. The topological polar surface area (TPSA) is 42.4 Å². The lowest BCUT2D eigenvalue weighted by Crippen LogP contribution is -2.34. The van der Waals surface area contributed by atoms with Gasteiger partial charge in [-0.2, -0.15) is 0 Å². The van der Waals surface area contributed by atoms with Crippen LogP contribution in [-0.4, -0.2) is 30.0 Å². The van der Waals surface area contributed by atoms with E-state index in [-0.39, 0.29) is 6.09 Å². The van der Waals surface area contributed by atoms with Crippen molar-refractivity contribution in [2.24, 2.45) is 0 Å². The number of carbonyl (C=O) groups excluding carboxylic acids is 1. The maximum absolute atomic E-state index is 11.7. The third-order valence-corrected chi connectivity index (χ3v) is 3.75. The molecule has 0 atom stereocenters. The number of ether oxygens (including phenoxy) is 1. The quantitative estimate of drug-likeness (QED) is 0.766. The second kappa shape index (κ2) is 5.05. The molecule has 0 N–H and O–H groups in total. The number of thiazole rings is 1. The molecule has 1 amide bonds. The number of nitrogens with zero attached hydrogens (tertiary/aromatic N) is 2. The predicted octanol–water partition coefficient (Wildman–Crippen LogP) is 3.24. The summed E-state index contributed by atoms with van der Waals surface area (Å²) in [5.41, 5.74) is -0.481. The van der Waals surface area contributed by atoms with Crippen molar-refractivity contribution < 1.29 is 9.53 Å². The number of amides is 1. The first-order valence-corrected chi connectivity index (χ1v) is 6.84. The maximum Gasteiger partial charge on any atom is 0.416 e. The van der Waals surface area contributed by atoms with E-state index in [1.807, 2.05) is 27.0 Å². The summed E-state index contributed by atoms with van der Waals surface area (Å²) >= 11 is 3.08. The standard InChI is InChI=1S/C10H16N2O2S2/c1-10(2,3)14-9(13)12(4)8-11-6-7(15-5)16-8/h6H,1-5H3. The lowest BCUT2D eigenvalue weighted by Gasteiger charge is -2.23. The monoisotopic (exact) mass is 260 g/mol. The maximum atomic E-state index is 11.7. The highest BCUT2D eigenvalue weighted by Gasteiger charge is 2.22. The molecule has 0 spiro atoms. The van der Waals surface area contributed by atoms with Crippen molar-refractivity contribution in [1.82, 2.24) is 4.98 Å². The Morgan fingerprint density at radius 2 is 2.19 bits per heavy atom. The lowest BCUT2D eigenvalue weighted by molar-refractivity contribution is 0.0589. The van der Waals surface area contributed by atoms with Gasteiger partial charge in [-0.25, -0.2) is 9.78 Å². The molecule has 1 aromatic heterocycles. The summed E-state index contributed by atoms with van der Waals surface area (Å²) in [6, 6.07) is 0. The molecule has 0 aliphatic rings. The summed E-state index contributed by atoms with van der Waals surface area (Å²) in [7, 11) is 1.66. The minimum Gasteiger partial charge on any atom is -0.443 e. The zero-order valence-corrected chi connectivity index (χ0v) is 11.7. The second-order valence-electron chi connectivity index (χ2n) is 4.21. The molecule has 0 bridgehead atoms. The first kappa shape index (κ1) is 13.3. The Hall–Kier alpha value is -0.750. The van der Waals surface area contributed by atoms with Gasteiger partial charge in [0, 0.05) is 7.05 Å². The van der Waals surface area contributed by atoms with Gasteiger partial charge in [-0.1, -0.05) is 11.3 Å². The van der Waals surface area contributed by atoms with E-state index in [0.717, 1.165) is 4.21 Å². The molecule has 6 heteroatoms. The van der Waals surface area contributed by atoms with E-state index in [1.54, 1.807) is 25.0 Å². The Labute approximate surface area is 104 Å². The first-order chi connectivity index (χ1) is 7.33. The number of rotatable bonds is 2. The van der Waals surface area contributed by atoms with Gasteiger partial charge < -0.3 is 4.74 Å². The van der Waals surface area contributed by atoms with Crippen molar-refractivity contribution in [3.05, 3.63) is 6.20 Å². The summed E-state index contributed by atoms with van der Waals surface area (Å²) in [6.45, 7) is 5.52. The van der Waals surface area contributed by atoms with Crippen molar-refractivity contribution in [3.8, 4) is 0 Å². The van der Waals surface area contributed by atoms with Gasteiger partial charge in [0.25, 0.3) is 0 Å². The van der Waals surface area contributed by atoms with Crippen LogP contribution < -0.4 is 4.90 Å². The minimum atomic E-state index is -0.481. The van der Waals surface area contributed by atoms with Crippen molar-refractivity contribution in [2.75, 3.05) is 18.2 Å². The van der Waals surface area contributed by atoms with E-state index in [2.05, 4.69) is 4.98 Å². The molecular weight excluding hydrogens is 244 g/mol. The summed E-state index contributed by atoms with van der Waals surface area (Å²) < 4.78 is 6.32. The average molecular weight is 260 g/mol. The summed E-state index contributed by atoms with van der Waals surface area (Å²) in [4.78, 5) is 17.3. The number of hydrogen-bond donors (Lipinski definition) is 0. The van der Waals surface area contributed by atoms with E-state index >= 15 is 0 Å². The van der Waals surface area contributed by atoms with Gasteiger partial charge >= 0.3 is 6.09 Å². The van der Waals surface area contributed by atoms with Gasteiger partial charge in [0.1, 0.15) is 5.60 Å². The molecule has 0 fully saturated rings. The number of aromatic nitrogens is 1. The molecule has 0 aromatic carbocycles. The molecule has 0 unspecified atom stereocenters. The summed E-state index contributed by atoms with van der Waals surface area (Å²) in [6.07, 6.45) is 3.35.